The van der Waals surface area contributed by atoms with E-state index in [0.29, 0.717) is 13.2 Å². The fourth-order valence-electron chi connectivity index (χ4n) is 2.12. The lowest BCUT2D eigenvalue weighted by molar-refractivity contribution is -0.132. The van der Waals surface area contributed by atoms with E-state index in [1.807, 2.05) is 73.6 Å². The lowest BCUT2D eigenvalue weighted by Crippen LogP contribution is -2.34. The molecule has 0 aromatic heterocycles. The normalized spacial score (nSPS) is 11.8. The minimum Gasteiger partial charge on any atom is -0.378 e. The van der Waals surface area contributed by atoms with Crippen LogP contribution < -0.4 is 10.2 Å². The molecule has 23 heavy (non-hydrogen) atoms. The summed E-state index contributed by atoms with van der Waals surface area (Å²) < 4.78 is 5.61. The van der Waals surface area contributed by atoms with Gasteiger partial charge >= 0.3 is 0 Å². The Labute approximate surface area is 138 Å². The molecule has 1 N–H and O–H groups in total. The van der Waals surface area contributed by atoms with E-state index < -0.39 is 6.10 Å². The highest BCUT2D eigenvalue weighted by atomic mass is 16.5. The van der Waals surface area contributed by atoms with Gasteiger partial charge in [-0.25, -0.2) is 0 Å². The van der Waals surface area contributed by atoms with E-state index >= 15 is 0 Å². The fraction of sp³-hybridized carbons (Fsp3) is 0.316. The zero-order valence-electron chi connectivity index (χ0n) is 14.0. The number of rotatable bonds is 7. The van der Waals surface area contributed by atoms with Crippen molar-refractivity contribution in [1.29, 1.82) is 0 Å². The van der Waals surface area contributed by atoms with Crippen LogP contribution in [0.15, 0.2) is 54.6 Å². The molecule has 122 valence electrons. The van der Waals surface area contributed by atoms with Gasteiger partial charge in [0.25, 0.3) is 0 Å². The number of hydrogen-bond donors (Lipinski definition) is 1. The van der Waals surface area contributed by atoms with E-state index in [-0.39, 0.29) is 5.91 Å². The Bertz CT molecular complexity index is 609. The van der Waals surface area contributed by atoms with Gasteiger partial charge in [-0.3, -0.25) is 4.79 Å². The average Bonchev–Trinajstić information content (AvgIpc) is 2.58. The maximum absolute atomic E-state index is 12.1. The quantitative estimate of drug-likeness (QED) is 0.854. The Morgan fingerprint density at radius 1 is 1.04 bits per heavy atom. The van der Waals surface area contributed by atoms with Crippen LogP contribution in [-0.2, 0) is 22.7 Å². The Kier molecular flexibility index (Phi) is 6.18. The Morgan fingerprint density at radius 3 is 2.30 bits per heavy atom. The molecule has 0 spiro atoms. The second-order valence-electron chi connectivity index (χ2n) is 5.72. The van der Waals surface area contributed by atoms with E-state index in [1.54, 1.807) is 6.92 Å². The molecule has 0 aliphatic carbocycles. The fourth-order valence-corrected chi connectivity index (χ4v) is 2.12. The summed E-state index contributed by atoms with van der Waals surface area (Å²) in [5.41, 5.74) is 3.27. The molecule has 4 nitrogen and oxygen atoms in total. The number of anilines is 1. The minimum absolute atomic E-state index is 0.0994. The number of nitrogens with one attached hydrogen (secondary N) is 1. The third-order valence-electron chi connectivity index (χ3n) is 3.63. The van der Waals surface area contributed by atoms with Crippen LogP contribution in [0.4, 0.5) is 5.69 Å². The zero-order valence-corrected chi connectivity index (χ0v) is 14.0. The lowest BCUT2D eigenvalue weighted by Gasteiger charge is -2.15. The number of carbonyl (C=O) groups excluding carboxylic acids is 1. The van der Waals surface area contributed by atoms with Gasteiger partial charge in [-0.1, -0.05) is 42.5 Å². The highest BCUT2D eigenvalue weighted by Crippen LogP contribution is 2.12. The predicted octanol–water partition coefficient (Wildman–Crippen LogP) is 2.97. The molecular weight excluding hydrogens is 288 g/mol. The Morgan fingerprint density at radius 2 is 1.70 bits per heavy atom. The molecule has 0 radical (unpaired) electrons. The third-order valence-corrected chi connectivity index (χ3v) is 3.63. The summed E-state index contributed by atoms with van der Waals surface area (Å²) in [6.45, 7) is 2.71. The number of nitrogens with zero attached hydrogens (tertiary/aromatic N) is 1. The second-order valence-corrected chi connectivity index (χ2v) is 5.72. The first-order valence-electron chi connectivity index (χ1n) is 7.76. The van der Waals surface area contributed by atoms with Crippen LogP contribution in [0, 0.1) is 0 Å². The van der Waals surface area contributed by atoms with Crippen LogP contribution in [-0.4, -0.2) is 26.1 Å². The molecule has 2 rings (SSSR count). The molecular formula is C19H24N2O2. The number of hydrogen-bond acceptors (Lipinski definition) is 3. The van der Waals surface area contributed by atoms with E-state index in [1.165, 1.54) is 0 Å². The van der Waals surface area contributed by atoms with Crippen molar-refractivity contribution in [3.8, 4) is 0 Å². The number of ether oxygens (including phenoxy) is 1. The summed E-state index contributed by atoms with van der Waals surface area (Å²) in [5.74, 6) is -0.0994. The molecule has 0 heterocycles. The molecule has 0 unspecified atom stereocenters. The molecule has 4 heteroatoms. The standard InChI is InChI=1S/C19H24N2O2/c1-15(23-14-17-7-5-4-6-8-17)19(22)20-13-16-9-11-18(12-10-16)21(2)3/h4-12,15H,13-14H2,1-3H3,(H,20,22)/t15-/m1/s1. The van der Waals surface area contributed by atoms with E-state index in [2.05, 4.69) is 5.32 Å². The van der Waals surface area contributed by atoms with Gasteiger partial charge in [0.1, 0.15) is 6.10 Å². The predicted molar refractivity (Wildman–Crippen MR) is 93.3 cm³/mol. The van der Waals surface area contributed by atoms with Crippen LogP contribution in [0.2, 0.25) is 0 Å². The number of benzene rings is 2. The van der Waals surface area contributed by atoms with Crippen LogP contribution in [0.1, 0.15) is 18.1 Å². The molecule has 0 saturated heterocycles. The smallest absolute Gasteiger partial charge is 0.249 e. The average molecular weight is 312 g/mol. The van der Waals surface area contributed by atoms with Gasteiger partial charge in [-0.2, -0.15) is 0 Å². The topological polar surface area (TPSA) is 41.6 Å². The number of amides is 1. The summed E-state index contributed by atoms with van der Waals surface area (Å²) in [4.78, 5) is 14.1. The van der Waals surface area contributed by atoms with Crippen LogP contribution in [0.25, 0.3) is 0 Å². The molecule has 1 atom stereocenters. The highest BCUT2D eigenvalue weighted by molar-refractivity contribution is 5.80. The first-order chi connectivity index (χ1) is 11.1. The van der Waals surface area contributed by atoms with Crippen molar-refractivity contribution in [1.82, 2.24) is 5.32 Å². The second kappa shape index (κ2) is 8.34. The monoisotopic (exact) mass is 312 g/mol. The summed E-state index contributed by atoms with van der Waals surface area (Å²) in [7, 11) is 4.01. The molecule has 0 saturated carbocycles. The molecule has 0 fully saturated rings. The van der Waals surface area contributed by atoms with Crippen molar-refractivity contribution in [2.75, 3.05) is 19.0 Å². The largest absolute Gasteiger partial charge is 0.378 e. The van der Waals surface area contributed by atoms with Crippen molar-refractivity contribution in [2.45, 2.75) is 26.2 Å². The van der Waals surface area contributed by atoms with Gasteiger partial charge in [0.15, 0.2) is 0 Å². The van der Waals surface area contributed by atoms with Crippen molar-refractivity contribution in [2.24, 2.45) is 0 Å². The summed E-state index contributed by atoms with van der Waals surface area (Å²) in [5, 5.41) is 2.91. The van der Waals surface area contributed by atoms with Gasteiger partial charge in [0.05, 0.1) is 6.61 Å². The molecule has 0 bridgehead atoms. The van der Waals surface area contributed by atoms with Gasteiger partial charge in [-0.05, 0) is 30.2 Å². The SMILES string of the molecule is C[C@@H](OCc1ccccc1)C(=O)NCc1ccc(N(C)C)cc1. The van der Waals surface area contributed by atoms with Crippen molar-refractivity contribution in [3.63, 3.8) is 0 Å². The van der Waals surface area contributed by atoms with Crippen LogP contribution in [0.5, 0.6) is 0 Å². The number of carbonyl (C=O) groups is 1. The molecule has 0 aliphatic heterocycles. The first kappa shape index (κ1) is 17.0. The van der Waals surface area contributed by atoms with Gasteiger partial charge < -0.3 is 15.0 Å². The molecule has 2 aromatic rings. The zero-order chi connectivity index (χ0) is 16.7. The summed E-state index contributed by atoms with van der Waals surface area (Å²) >= 11 is 0. The minimum atomic E-state index is -0.476. The van der Waals surface area contributed by atoms with Crippen molar-refractivity contribution >= 4 is 11.6 Å². The summed E-state index contributed by atoms with van der Waals surface area (Å²) in [6.07, 6.45) is -0.476. The van der Waals surface area contributed by atoms with Gasteiger partial charge in [0.2, 0.25) is 5.91 Å². The Hall–Kier alpha value is -2.33. The Balaban J connectivity index is 1.77. The molecule has 2 aromatic carbocycles. The van der Waals surface area contributed by atoms with Crippen molar-refractivity contribution in [3.05, 3.63) is 65.7 Å². The maximum Gasteiger partial charge on any atom is 0.249 e. The van der Waals surface area contributed by atoms with Gasteiger partial charge in [-0.15, -0.1) is 0 Å². The molecule has 1 amide bonds. The van der Waals surface area contributed by atoms with Crippen molar-refractivity contribution < 1.29 is 9.53 Å². The van der Waals surface area contributed by atoms with E-state index in [4.69, 9.17) is 4.74 Å². The molecule has 0 aliphatic rings. The third kappa shape index (κ3) is 5.42. The highest BCUT2D eigenvalue weighted by Gasteiger charge is 2.12. The lowest BCUT2D eigenvalue weighted by atomic mass is 10.2. The summed E-state index contributed by atoms with van der Waals surface area (Å²) in [6, 6.07) is 18.0. The van der Waals surface area contributed by atoms with Gasteiger partial charge in [0, 0.05) is 26.3 Å². The van der Waals surface area contributed by atoms with E-state index in [9.17, 15) is 4.79 Å². The van der Waals surface area contributed by atoms with Crippen LogP contribution in [0.3, 0.4) is 0 Å². The first-order valence-corrected chi connectivity index (χ1v) is 7.76. The maximum atomic E-state index is 12.1. The van der Waals surface area contributed by atoms with E-state index in [0.717, 1.165) is 16.8 Å². The van der Waals surface area contributed by atoms with Crippen LogP contribution >= 0.6 is 0 Å².